The van der Waals surface area contributed by atoms with Crippen LogP contribution in [0.5, 0.6) is 0 Å². The molecule has 3 aromatic rings. The van der Waals surface area contributed by atoms with Crippen molar-refractivity contribution < 1.29 is 18.1 Å². The lowest BCUT2D eigenvalue weighted by molar-refractivity contribution is -0.384. The lowest BCUT2D eigenvalue weighted by atomic mass is 10.2. The van der Waals surface area contributed by atoms with Crippen LogP contribution in [0, 0.1) is 17.0 Å². The van der Waals surface area contributed by atoms with Gasteiger partial charge in [0, 0.05) is 18.7 Å². The first-order chi connectivity index (χ1) is 14.3. The summed E-state index contributed by atoms with van der Waals surface area (Å²) in [6.45, 7) is 2.13. The van der Waals surface area contributed by atoms with E-state index in [0.29, 0.717) is 23.1 Å². The zero-order valence-electron chi connectivity index (χ0n) is 15.9. The first kappa shape index (κ1) is 20.4. The number of carbonyl (C=O) groups is 1. The number of aryl methyl sites for hydroxylation is 1. The molecule has 1 aromatic heterocycles. The van der Waals surface area contributed by atoms with Gasteiger partial charge in [0.05, 0.1) is 20.0 Å². The number of hydrogen-bond acceptors (Lipinski definition) is 7. The molecule has 4 rings (SSSR count). The van der Waals surface area contributed by atoms with E-state index in [1.807, 2.05) is 6.92 Å². The van der Waals surface area contributed by atoms with E-state index in [-0.39, 0.29) is 22.3 Å². The monoisotopic (exact) mass is 446 g/mol. The summed E-state index contributed by atoms with van der Waals surface area (Å²) in [6, 6.07) is 9.95. The van der Waals surface area contributed by atoms with Crippen LogP contribution in [0.4, 0.5) is 10.8 Å². The molecule has 0 saturated carbocycles. The average molecular weight is 447 g/mol. The molecule has 1 saturated heterocycles. The van der Waals surface area contributed by atoms with Crippen molar-refractivity contribution in [3.8, 4) is 0 Å². The van der Waals surface area contributed by atoms with Crippen LogP contribution in [-0.4, -0.2) is 41.1 Å². The van der Waals surface area contributed by atoms with E-state index in [1.54, 1.807) is 24.3 Å². The van der Waals surface area contributed by atoms with Gasteiger partial charge in [0.2, 0.25) is 15.9 Å². The van der Waals surface area contributed by atoms with E-state index in [1.165, 1.54) is 22.5 Å². The molecule has 1 amide bonds. The second-order valence-electron chi connectivity index (χ2n) is 7.00. The van der Waals surface area contributed by atoms with Gasteiger partial charge in [-0.3, -0.25) is 14.9 Å². The Bertz CT molecular complexity index is 1240. The minimum Gasteiger partial charge on any atom is -0.301 e. The van der Waals surface area contributed by atoms with E-state index in [4.69, 9.17) is 0 Å². The third-order valence-corrected chi connectivity index (χ3v) is 7.80. The van der Waals surface area contributed by atoms with Gasteiger partial charge in [-0.1, -0.05) is 29.0 Å². The summed E-state index contributed by atoms with van der Waals surface area (Å²) >= 11 is 1.11. The highest BCUT2D eigenvalue weighted by atomic mass is 32.2. The van der Waals surface area contributed by atoms with Crippen LogP contribution >= 0.6 is 11.3 Å². The van der Waals surface area contributed by atoms with E-state index >= 15 is 0 Å². The number of aromatic nitrogens is 1. The van der Waals surface area contributed by atoms with Crippen molar-refractivity contribution in [2.75, 3.05) is 11.9 Å². The first-order valence-electron chi connectivity index (χ1n) is 9.20. The highest BCUT2D eigenvalue weighted by molar-refractivity contribution is 7.89. The van der Waals surface area contributed by atoms with Gasteiger partial charge in [-0.2, -0.15) is 4.31 Å². The number of nitrogens with one attached hydrogen (secondary N) is 1. The van der Waals surface area contributed by atoms with Gasteiger partial charge >= 0.3 is 0 Å². The smallest absolute Gasteiger partial charge is 0.270 e. The number of sulfonamides is 1. The van der Waals surface area contributed by atoms with Crippen LogP contribution in [-0.2, 0) is 14.8 Å². The lowest BCUT2D eigenvalue weighted by Gasteiger charge is -2.23. The standard InChI is InChI=1S/C19H18N4O5S2/c1-12-4-7-14(8-5-12)30(27,28)22-10-2-3-16(22)18(24)21-19-20-15-9-6-13(23(25)26)11-17(15)29-19/h4-9,11,16H,2-3,10H2,1H3,(H,20,21,24)/t16-/m1/s1. The van der Waals surface area contributed by atoms with Crippen molar-refractivity contribution in [3.05, 3.63) is 58.1 Å². The Morgan fingerprint density at radius 2 is 2.00 bits per heavy atom. The van der Waals surface area contributed by atoms with Crippen LogP contribution in [0.15, 0.2) is 47.4 Å². The molecule has 0 aliphatic carbocycles. The molecule has 1 fully saturated rings. The Kier molecular flexibility index (Phi) is 5.26. The normalized spacial score (nSPS) is 17.3. The van der Waals surface area contributed by atoms with Gasteiger partial charge in [-0.05, 0) is 38.0 Å². The number of fused-ring (bicyclic) bond motifs is 1. The average Bonchev–Trinajstić information content (AvgIpc) is 3.34. The van der Waals surface area contributed by atoms with Gasteiger partial charge in [-0.15, -0.1) is 0 Å². The largest absolute Gasteiger partial charge is 0.301 e. The molecule has 1 atom stereocenters. The fraction of sp³-hybridized carbons (Fsp3) is 0.263. The molecule has 1 aliphatic heterocycles. The number of thiazole rings is 1. The highest BCUT2D eigenvalue weighted by Gasteiger charge is 2.39. The summed E-state index contributed by atoms with van der Waals surface area (Å²) in [5.41, 5.74) is 1.41. The van der Waals surface area contributed by atoms with E-state index in [2.05, 4.69) is 10.3 Å². The van der Waals surface area contributed by atoms with Crippen LogP contribution in [0.3, 0.4) is 0 Å². The maximum atomic E-state index is 13.0. The number of amides is 1. The number of non-ortho nitro benzene ring substituents is 1. The molecule has 156 valence electrons. The van der Waals surface area contributed by atoms with Crippen molar-refractivity contribution in [1.29, 1.82) is 0 Å². The van der Waals surface area contributed by atoms with Crippen LogP contribution < -0.4 is 5.32 Å². The topological polar surface area (TPSA) is 123 Å². The third-order valence-electron chi connectivity index (χ3n) is 4.95. The molecule has 0 bridgehead atoms. The molecular weight excluding hydrogens is 428 g/mol. The Labute approximate surface area is 176 Å². The van der Waals surface area contributed by atoms with Crippen LogP contribution in [0.25, 0.3) is 10.2 Å². The van der Waals surface area contributed by atoms with Crippen molar-refractivity contribution in [1.82, 2.24) is 9.29 Å². The summed E-state index contributed by atoms with van der Waals surface area (Å²) in [5, 5.41) is 13.9. The molecule has 1 N–H and O–H groups in total. The lowest BCUT2D eigenvalue weighted by Crippen LogP contribution is -2.43. The number of anilines is 1. The second-order valence-corrected chi connectivity index (χ2v) is 9.93. The third kappa shape index (κ3) is 3.78. The van der Waals surface area contributed by atoms with E-state index in [0.717, 1.165) is 16.9 Å². The Morgan fingerprint density at radius 3 is 2.70 bits per heavy atom. The van der Waals surface area contributed by atoms with E-state index in [9.17, 15) is 23.3 Å². The molecule has 2 heterocycles. The molecular formula is C19H18N4O5S2. The summed E-state index contributed by atoms with van der Waals surface area (Å²) in [5.74, 6) is -0.461. The molecule has 1 aliphatic rings. The Hall–Kier alpha value is -2.89. The van der Waals surface area contributed by atoms with Crippen LogP contribution in [0.1, 0.15) is 18.4 Å². The zero-order chi connectivity index (χ0) is 21.5. The number of benzene rings is 2. The molecule has 30 heavy (non-hydrogen) atoms. The fourth-order valence-electron chi connectivity index (χ4n) is 3.40. The summed E-state index contributed by atoms with van der Waals surface area (Å²) in [7, 11) is -3.80. The quantitative estimate of drug-likeness (QED) is 0.474. The van der Waals surface area contributed by atoms with Gasteiger partial charge in [-0.25, -0.2) is 13.4 Å². The molecule has 11 heteroatoms. The predicted molar refractivity (Wildman–Crippen MR) is 113 cm³/mol. The maximum absolute atomic E-state index is 13.0. The first-order valence-corrected chi connectivity index (χ1v) is 11.5. The molecule has 0 radical (unpaired) electrons. The number of nitro groups is 1. The number of nitro benzene ring substituents is 1. The molecule has 2 aromatic carbocycles. The van der Waals surface area contributed by atoms with Crippen molar-refractivity contribution >= 4 is 48.3 Å². The maximum Gasteiger partial charge on any atom is 0.270 e. The fourth-order valence-corrected chi connectivity index (χ4v) is 5.96. The van der Waals surface area contributed by atoms with Crippen molar-refractivity contribution in [3.63, 3.8) is 0 Å². The highest BCUT2D eigenvalue weighted by Crippen LogP contribution is 2.31. The van der Waals surface area contributed by atoms with Gasteiger partial charge in [0.25, 0.3) is 5.69 Å². The summed E-state index contributed by atoms with van der Waals surface area (Å²) in [6.07, 6.45) is 0.989. The SMILES string of the molecule is Cc1ccc(S(=O)(=O)N2CCC[C@@H]2C(=O)Nc2nc3ccc([N+](=O)[O-])cc3s2)cc1. The van der Waals surface area contributed by atoms with Crippen molar-refractivity contribution in [2.24, 2.45) is 0 Å². The van der Waals surface area contributed by atoms with Gasteiger partial charge in [0.15, 0.2) is 5.13 Å². The summed E-state index contributed by atoms with van der Waals surface area (Å²) < 4.78 is 27.8. The molecule has 9 nitrogen and oxygen atoms in total. The van der Waals surface area contributed by atoms with Crippen molar-refractivity contribution in [2.45, 2.75) is 30.7 Å². The summed E-state index contributed by atoms with van der Waals surface area (Å²) in [4.78, 5) is 27.7. The van der Waals surface area contributed by atoms with Crippen LogP contribution in [0.2, 0.25) is 0 Å². The number of hydrogen-bond donors (Lipinski definition) is 1. The zero-order valence-corrected chi connectivity index (χ0v) is 17.6. The molecule has 0 unspecified atom stereocenters. The number of nitrogens with zero attached hydrogens (tertiary/aromatic N) is 3. The van der Waals surface area contributed by atoms with Gasteiger partial charge in [0.1, 0.15) is 6.04 Å². The predicted octanol–water partition coefficient (Wildman–Crippen LogP) is 3.30. The number of carbonyl (C=O) groups excluding carboxylic acids is 1. The Balaban J connectivity index is 1.56. The minimum absolute atomic E-state index is 0.0600. The van der Waals surface area contributed by atoms with E-state index < -0.39 is 26.9 Å². The number of rotatable bonds is 5. The minimum atomic E-state index is -3.80. The van der Waals surface area contributed by atoms with Gasteiger partial charge < -0.3 is 5.32 Å². The second kappa shape index (κ2) is 7.74. The molecule has 0 spiro atoms. The Morgan fingerprint density at radius 1 is 1.27 bits per heavy atom.